The summed E-state index contributed by atoms with van der Waals surface area (Å²) < 4.78 is 10.6. The van der Waals surface area contributed by atoms with Crippen molar-refractivity contribution >= 4 is 0 Å². The Balaban J connectivity index is 1.54. The van der Waals surface area contributed by atoms with Crippen LogP contribution in [-0.4, -0.2) is 24.5 Å². The molecule has 0 spiro atoms. The lowest BCUT2D eigenvalue weighted by molar-refractivity contribution is 0.164. The van der Waals surface area contributed by atoms with Crippen LogP contribution in [0.4, 0.5) is 0 Å². The zero-order valence-electron chi connectivity index (χ0n) is 12.0. The fraction of sp³-hybridized carbons (Fsp3) is 0.625. The number of hydrogen-bond acceptors (Lipinski definition) is 4. The zero-order valence-corrected chi connectivity index (χ0v) is 12.0. The van der Waals surface area contributed by atoms with Crippen LogP contribution < -0.4 is 14.8 Å². The van der Waals surface area contributed by atoms with Gasteiger partial charge in [-0.25, -0.2) is 0 Å². The van der Waals surface area contributed by atoms with E-state index in [1.54, 1.807) is 0 Å². The SMILES string of the molecule is C[C@H](NCC(O)c1ccc2c(c1)OCO2)C1CCCC1. The summed E-state index contributed by atoms with van der Waals surface area (Å²) in [5, 5.41) is 13.8. The van der Waals surface area contributed by atoms with Crippen LogP contribution in [0.2, 0.25) is 0 Å². The molecule has 1 aliphatic carbocycles. The molecule has 1 unspecified atom stereocenters. The van der Waals surface area contributed by atoms with Crippen molar-refractivity contribution in [2.75, 3.05) is 13.3 Å². The smallest absolute Gasteiger partial charge is 0.231 e. The first-order valence-corrected chi connectivity index (χ1v) is 7.55. The molecule has 0 aromatic heterocycles. The van der Waals surface area contributed by atoms with Crippen LogP contribution >= 0.6 is 0 Å². The Morgan fingerprint density at radius 1 is 1.25 bits per heavy atom. The van der Waals surface area contributed by atoms with E-state index in [0.717, 1.165) is 23.0 Å². The maximum atomic E-state index is 10.3. The van der Waals surface area contributed by atoms with Crippen molar-refractivity contribution in [1.82, 2.24) is 5.32 Å². The number of nitrogens with one attached hydrogen (secondary N) is 1. The summed E-state index contributed by atoms with van der Waals surface area (Å²) in [6.45, 7) is 3.07. The van der Waals surface area contributed by atoms with Gasteiger partial charge in [-0.15, -0.1) is 0 Å². The van der Waals surface area contributed by atoms with Gasteiger partial charge in [0.05, 0.1) is 6.10 Å². The molecule has 1 heterocycles. The molecular formula is C16H23NO3. The number of benzene rings is 1. The average molecular weight is 277 g/mol. The van der Waals surface area contributed by atoms with Crippen molar-refractivity contribution in [2.45, 2.75) is 44.8 Å². The van der Waals surface area contributed by atoms with E-state index in [0.29, 0.717) is 12.6 Å². The van der Waals surface area contributed by atoms with Gasteiger partial charge in [0.15, 0.2) is 11.5 Å². The van der Waals surface area contributed by atoms with Crippen molar-refractivity contribution in [3.63, 3.8) is 0 Å². The minimum absolute atomic E-state index is 0.270. The molecule has 0 bridgehead atoms. The Hall–Kier alpha value is -1.26. The molecule has 4 heteroatoms. The number of aliphatic hydroxyl groups excluding tert-OH is 1. The van der Waals surface area contributed by atoms with E-state index >= 15 is 0 Å². The minimum Gasteiger partial charge on any atom is -0.454 e. The standard InChI is InChI=1S/C16H23NO3/c1-11(12-4-2-3-5-12)17-9-14(18)13-6-7-15-16(8-13)20-10-19-15/h6-8,11-12,14,17-18H,2-5,9-10H2,1H3/t11-,14?/m0/s1. The molecule has 2 N–H and O–H groups in total. The van der Waals surface area contributed by atoms with Crippen molar-refractivity contribution in [2.24, 2.45) is 5.92 Å². The monoisotopic (exact) mass is 277 g/mol. The van der Waals surface area contributed by atoms with Gasteiger partial charge in [-0.3, -0.25) is 0 Å². The first kappa shape index (κ1) is 13.7. The lowest BCUT2D eigenvalue weighted by atomic mass is 9.99. The third-order valence-corrected chi connectivity index (χ3v) is 4.52. The first-order valence-electron chi connectivity index (χ1n) is 7.55. The van der Waals surface area contributed by atoms with Gasteiger partial charge >= 0.3 is 0 Å². The predicted molar refractivity (Wildman–Crippen MR) is 76.9 cm³/mol. The van der Waals surface area contributed by atoms with Gasteiger partial charge in [0.1, 0.15) is 0 Å². The third-order valence-electron chi connectivity index (χ3n) is 4.52. The second-order valence-corrected chi connectivity index (χ2v) is 5.87. The highest BCUT2D eigenvalue weighted by molar-refractivity contribution is 5.45. The molecule has 2 aliphatic rings. The largest absolute Gasteiger partial charge is 0.454 e. The quantitative estimate of drug-likeness (QED) is 0.868. The fourth-order valence-corrected chi connectivity index (χ4v) is 3.16. The Labute approximate surface area is 120 Å². The minimum atomic E-state index is -0.506. The van der Waals surface area contributed by atoms with Gasteiger partial charge in [-0.05, 0) is 43.4 Å². The van der Waals surface area contributed by atoms with Crippen molar-refractivity contribution in [3.05, 3.63) is 23.8 Å². The fourth-order valence-electron chi connectivity index (χ4n) is 3.16. The Bertz CT molecular complexity index is 457. The Morgan fingerprint density at radius 3 is 2.80 bits per heavy atom. The normalized spacial score (nSPS) is 21.1. The van der Waals surface area contributed by atoms with Gasteiger partial charge in [-0.2, -0.15) is 0 Å². The Morgan fingerprint density at radius 2 is 2.00 bits per heavy atom. The van der Waals surface area contributed by atoms with E-state index in [2.05, 4.69) is 12.2 Å². The van der Waals surface area contributed by atoms with Gasteiger partial charge < -0.3 is 19.9 Å². The van der Waals surface area contributed by atoms with Crippen molar-refractivity contribution in [1.29, 1.82) is 0 Å². The van der Waals surface area contributed by atoms with Crippen LogP contribution in [0.3, 0.4) is 0 Å². The van der Waals surface area contributed by atoms with E-state index in [4.69, 9.17) is 9.47 Å². The van der Waals surface area contributed by atoms with Crippen molar-refractivity contribution < 1.29 is 14.6 Å². The summed E-state index contributed by atoms with van der Waals surface area (Å²) in [7, 11) is 0. The highest BCUT2D eigenvalue weighted by Crippen LogP contribution is 2.34. The molecule has 4 nitrogen and oxygen atoms in total. The third kappa shape index (κ3) is 2.91. The van der Waals surface area contributed by atoms with E-state index < -0.39 is 6.10 Å². The number of fused-ring (bicyclic) bond motifs is 1. The summed E-state index contributed by atoms with van der Waals surface area (Å²) in [5.74, 6) is 2.25. The Kier molecular flexibility index (Phi) is 4.13. The zero-order chi connectivity index (χ0) is 13.9. The second-order valence-electron chi connectivity index (χ2n) is 5.87. The van der Waals surface area contributed by atoms with E-state index in [9.17, 15) is 5.11 Å². The van der Waals surface area contributed by atoms with Crippen molar-refractivity contribution in [3.8, 4) is 11.5 Å². The highest BCUT2D eigenvalue weighted by Gasteiger charge is 2.22. The van der Waals surface area contributed by atoms with E-state index in [1.165, 1.54) is 25.7 Å². The van der Waals surface area contributed by atoms with Gasteiger partial charge in [0.25, 0.3) is 0 Å². The van der Waals surface area contributed by atoms with E-state index in [-0.39, 0.29) is 6.79 Å². The maximum Gasteiger partial charge on any atom is 0.231 e. The van der Waals surface area contributed by atoms with Crippen LogP contribution in [0.25, 0.3) is 0 Å². The maximum absolute atomic E-state index is 10.3. The summed E-state index contributed by atoms with van der Waals surface area (Å²) in [6.07, 6.45) is 4.82. The van der Waals surface area contributed by atoms with Crippen LogP contribution in [0.5, 0.6) is 11.5 Å². The molecule has 110 valence electrons. The number of ether oxygens (including phenoxy) is 2. The molecule has 20 heavy (non-hydrogen) atoms. The summed E-state index contributed by atoms with van der Waals surface area (Å²) >= 11 is 0. The van der Waals surface area contributed by atoms with E-state index in [1.807, 2.05) is 18.2 Å². The van der Waals surface area contributed by atoms with Crippen LogP contribution in [0, 0.1) is 5.92 Å². The lowest BCUT2D eigenvalue weighted by Gasteiger charge is -2.22. The van der Waals surface area contributed by atoms with Gasteiger partial charge in [0, 0.05) is 12.6 Å². The van der Waals surface area contributed by atoms with Crippen LogP contribution in [0.15, 0.2) is 18.2 Å². The van der Waals surface area contributed by atoms with Gasteiger partial charge in [0.2, 0.25) is 6.79 Å². The summed E-state index contributed by atoms with van der Waals surface area (Å²) in [6, 6.07) is 6.11. The molecule has 1 fully saturated rings. The average Bonchev–Trinajstić information content (AvgIpc) is 3.13. The van der Waals surface area contributed by atoms with Gasteiger partial charge in [-0.1, -0.05) is 18.9 Å². The predicted octanol–water partition coefficient (Wildman–Crippen LogP) is 2.62. The molecule has 1 aliphatic heterocycles. The summed E-state index contributed by atoms with van der Waals surface area (Å²) in [5.41, 5.74) is 0.875. The first-order chi connectivity index (χ1) is 9.74. The molecular weight excluding hydrogens is 254 g/mol. The molecule has 1 aromatic carbocycles. The lowest BCUT2D eigenvalue weighted by Crippen LogP contribution is -2.35. The number of rotatable bonds is 5. The molecule has 2 atom stereocenters. The molecule has 1 aromatic rings. The topological polar surface area (TPSA) is 50.7 Å². The molecule has 0 radical (unpaired) electrons. The molecule has 0 saturated heterocycles. The van der Waals surface area contributed by atoms with Crippen LogP contribution in [-0.2, 0) is 0 Å². The van der Waals surface area contributed by atoms with Crippen LogP contribution in [0.1, 0.15) is 44.3 Å². The summed E-state index contributed by atoms with van der Waals surface area (Å²) in [4.78, 5) is 0. The number of hydrogen-bond donors (Lipinski definition) is 2. The molecule has 3 rings (SSSR count). The highest BCUT2D eigenvalue weighted by atomic mass is 16.7. The molecule has 0 amide bonds. The number of aliphatic hydroxyl groups is 1. The second kappa shape index (κ2) is 6.02. The molecule has 1 saturated carbocycles.